The second kappa shape index (κ2) is 9.98. The zero-order valence-corrected chi connectivity index (χ0v) is 20.8. The van der Waals surface area contributed by atoms with Crippen LogP contribution in [0.3, 0.4) is 0 Å². The molecular weight excluding hydrogens is 414 g/mol. The SMILES string of the molecule is CCCCCON=C1CC(C)(C)c2cc(-c3ccc(C(=O)O)cc3)c(OCC)cc2C1(C)C. The molecule has 0 bridgehead atoms. The van der Waals surface area contributed by atoms with E-state index in [0.717, 1.165) is 48.3 Å². The van der Waals surface area contributed by atoms with Gasteiger partial charge in [-0.3, -0.25) is 0 Å². The van der Waals surface area contributed by atoms with Crippen LogP contribution in [0.1, 0.15) is 88.7 Å². The van der Waals surface area contributed by atoms with Crippen LogP contribution in [0.25, 0.3) is 11.1 Å². The molecule has 0 atom stereocenters. The van der Waals surface area contributed by atoms with Crippen LogP contribution in [0, 0.1) is 0 Å². The van der Waals surface area contributed by atoms with E-state index in [0.29, 0.717) is 13.2 Å². The zero-order chi connectivity index (χ0) is 24.2. The zero-order valence-electron chi connectivity index (χ0n) is 20.8. The fourth-order valence-electron chi connectivity index (χ4n) is 4.53. The summed E-state index contributed by atoms with van der Waals surface area (Å²) >= 11 is 0. The van der Waals surface area contributed by atoms with Gasteiger partial charge < -0.3 is 14.7 Å². The van der Waals surface area contributed by atoms with Crippen molar-refractivity contribution in [3.05, 3.63) is 53.1 Å². The molecule has 0 saturated heterocycles. The second-order valence-corrected chi connectivity index (χ2v) is 9.97. The van der Waals surface area contributed by atoms with Crippen molar-refractivity contribution in [3.63, 3.8) is 0 Å². The maximum atomic E-state index is 11.3. The molecule has 0 aliphatic heterocycles. The van der Waals surface area contributed by atoms with Gasteiger partial charge in [0.05, 0.1) is 17.9 Å². The smallest absolute Gasteiger partial charge is 0.335 e. The van der Waals surface area contributed by atoms with Gasteiger partial charge in [-0.2, -0.15) is 0 Å². The molecule has 0 aromatic heterocycles. The average molecular weight is 452 g/mol. The van der Waals surface area contributed by atoms with Crippen LogP contribution < -0.4 is 4.74 Å². The number of aromatic carboxylic acids is 1. The first-order chi connectivity index (χ1) is 15.6. The summed E-state index contributed by atoms with van der Waals surface area (Å²) in [7, 11) is 0. The van der Waals surface area contributed by atoms with Crippen LogP contribution in [0.5, 0.6) is 5.75 Å². The Kier molecular flexibility index (Phi) is 7.51. The Morgan fingerprint density at radius 2 is 1.73 bits per heavy atom. The van der Waals surface area contributed by atoms with Crippen molar-refractivity contribution in [2.45, 2.75) is 78.1 Å². The third kappa shape index (κ3) is 5.23. The maximum Gasteiger partial charge on any atom is 0.335 e. The lowest BCUT2D eigenvalue weighted by atomic mass is 9.61. The molecule has 1 N–H and O–H groups in total. The van der Waals surface area contributed by atoms with Crippen molar-refractivity contribution < 1.29 is 19.5 Å². The van der Waals surface area contributed by atoms with E-state index >= 15 is 0 Å². The lowest BCUT2D eigenvalue weighted by Crippen LogP contribution is -2.42. The molecule has 0 saturated carbocycles. The minimum absolute atomic E-state index is 0.128. The number of rotatable bonds is 9. The van der Waals surface area contributed by atoms with Gasteiger partial charge in [-0.05, 0) is 66.1 Å². The first-order valence-electron chi connectivity index (χ1n) is 12.0. The van der Waals surface area contributed by atoms with Gasteiger partial charge in [0.1, 0.15) is 12.4 Å². The van der Waals surface area contributed by atoms with E-state index in [1.807, 2.05) is 19.1 Å². The van der Waals surface area contributed by atoms with Gasteiger partial charge >= 0.3 is 5.97 Å². The highest BCUT2D eigenvalue weighted by Gasteiger charge is 2.43. The molecule has 1 aliphatic carbocycles. The van der Waals surface area contributed by atoms with Crippen LogP contribution in [0.2, 0.25) is 0 Å². The summed E-state index contributed by atoms with van der Waals surface area (Å²) < 4.78 is 6.07. The molecule has 0 fully saturated rings. The number of carbonyl (C=O) groups is 1. The van der Waals surface area contributed by atoms with Gasteiger partial charge in [-0.15, -0.1) is 0 Å². The normalized spacial score (nSPS) is 17.5. The predicted molar refractivity (Wildman–Crippen MR) is 134 cm³/mol. The highest BCUT2D eigenvalue weighted by Crippen LogP contribution is 2.48. The number of nitrogens with zero attached hydrogens (tertiary/aromatic N) is 1. The number of carboxylic acid groups (broad SMARTS) is 1. The first kappa shape index (κ1) is 24.8. The van der Waals surface area contributed by atoms with Gasteiger partial charge in [-0.25, -0.2) is 4.79 Å². The Morgan fingerprint density at radius 1 is 1.03 bits per heavy atom. The Morgan fingerprint density at radius 3 is 2.33 bits per heavy atom. The molecule has 33 heavy (non-hydrogen) atoms. The molecule has 5 heteroatoms. The van der Waals surface area contributed by atoms with Gasteiger partial charge in [0.15, 0.2) is 0 Å². The number of carboxylic acids is 1. The number of fused-ring (bicyclic) bond motifs is 1. The highest BCUT2D eigenvalue weighted by molar-refractivity contribution is 5.98. The molecule has 2 aromatic rings. The highest BCUT2D eigenvalue weighted by atomic mass is 16.6. The second-order valence-electron chi connectivity index (χ2n) is 9.97. The molecule has 5 nitrogen and oxygen atoms in total. The van der Waals surface area contributed by atoms with E-state index in [1.54, 1.807) is 12.1 Å². The van der Waals surface area contributed by atoms with Crippen molar-refractivity contribution >= 4 is 11.7 Å². The molecule has 0 heterocycles. The quantitative estimate of drug-likeness (QED) is 0.330. The van der Waals surface area contributed by atoms with Crippen LogP contribution in [-0.2, 0) is 15.7 Å². The molecular formula is C28H37NO4. The van der Waals surface area contributed by atoms with Crippen LogP contribution in [-0.4, -0.2) is 30.0 Å². The van der Waals surface area contributed by atoms with E-state index in [1.165, 1.54) is 11.1 Å². The Labute approximate surface area is 197 Å². The van der Waals surface area contributed by atoms with Gasteiger partial charge in [-0.1, -0.05) is 64.7 Å². The predicted octanol–water partition coefficient (Wildman–Crippen LogP) is 6.97. The largest absolute Gasteiger partial charge is 0.493 e. The summed E-state index contributed by atoms with van der Waals surface area (Å²) in [6, 6.07) is 11.4. The topological polar surface area (TPSA) is 68.1 Å². The van der Waals surface area contributed by atoms with E-state index < -0.39 is 5.97 Å². The van der Waals surface area contributed by atoms with Crippen molar-refractivity contribution in [1.82, 2.24) is 0 Å². The Hall–Kier alpha value is -2.82. The monoisotopic (exact) mass is 451 g/mol. The third-order valence-corrected chi connectivity index (χ3v) is 6.61. The average Bonchev–Trinajstić information content (AvgIpc) is 2.77. The summed E-state index contributed by atoms with van der Waals surface area (Å²) in [5.41, 5.74) is 5.30. The molecule has 3 rings (SSSR count). The molecule has 0 amide bonds. The lowest BCUT2D eigenvalue weighted by Gasteiger charge is -2.43. The fraction of sp³-hybridized carbons (Fsp3) is 0.500. The van der Waals surface area contributed by atoms with Crippen molar-refractivity contribution in [3.8, 4) is 16.9 Å². The fourth-order valence-corrected chi connectivity index (χ4v) is 4.53. The van der Waals surface area contributed by atoms with Crippen LogP contribution in [0.4, 0.5) is 0 Å². The van der Waals surface area contributed by atoms with E-state index in [-0.39, 0.29) is 16.4 Å². The number of oxime groups is 1. The summed E-state index contributed by atoms with van der Waals surface area (Å²) in [6.07, 6.45) is 4.14. The number of hydrogen-bond donors (Lipinski definition) is 1. The van der Waals surface area contributed by atoms with Gasteiger partial charge in [0.2, 0.25) is 0 Å². The van der Waals surface area contributed by atoms with Crippen molar-refractivity contribution in [1.29, 1.82) is 0 Å². The van der Waals surface area contributed by atoms with Crippen molar-refractivity contribution in [2.75, 3.05) is 13.2 Å². The number of benzene rings is 2. The van der Waals surface area contributed by atoms with E-state index in [2.05, 4.69) is 51.9 Å². The Balaban J connectivity index is 2.07. The van der Waals surface area contributed by atoms with Crippen LogP contribution >= 0.6 is 0 Å². The summed E-state index contributed by atoms with van der Waals surface area (Å²) in [6.45, 7) is 14.2. The summed E-state index contributed by atoms with van der Waals surface area (Å²) in [4.78, 5) is 17.0. The first-order valence-corrected chi connectivity index (χ1v) is 12.0. The molecule has 0 radical (unpaired) electrons. The molecule has 2 aromatic carbocycles. The molecule has 178 valence electrons. The molecule has 1 aliphatic rings. The third-order valence-electron chi connectivity index (χ3n) is 6.61. The van der Waals surface area contributed by atoms with Gasteiger partial charge in [0.25, 0.3) is 0 Å². The Bertz CT molecular complexity index is 1020. The van der Waals surface area contributed by atoms with Gasteiger partial charge in [0, 0.05) is 11.0 Å². The number of hydrogen-bond acceptors (Lipinski definition) is 4. The standard InChI is InChI=1S/C28H37NO4/c1-7-9-10-15-33-29-25-18-27(3,4)22-16-21(19-11-13-20(14-12-19)26(30)31)24(32-8-2)17-23(22)28(25,5)6/h11-14,16-17H,7-10,15,18H2,1-6H3,(H,30,31). The van der Waals surface area contributed by atoms with E-state index in [9.17, 15) is 9.90 Å². The minimum atomic E-state index is -0.927. The lowest BCUT2D eigenvalue weighted by molar-refractivity contribution is 0.0697. The molecule has 0 unspecified atom stereocenters. The maximum absolute atomic E-state index is 11.3. The number of unbranched alkanes of at least 4 members (excludes halogenated alkanes) is 2. The minimum Gasteiger partial charge on any atom is -0.493 e. The molecule has 0 spiro atoms. The van der Waals surface area contributed by atoms with E-state index in [4.69, 9.17) is 9.57 Å². The summed E-state index contributed by atoms with van der Waals surface area (Å²) in [5, 5.41) is 13.9. The van der Waals surface area contributed by atoms with Crippen LogP contribution in [0.15, 0.2) is 41.6 Å². The number of ether oxygens (including phenoxy) is 1. The van der Waals surface area contributed by atoms with Crippen molar-refractivity contribution in [2.24, 2.45) is 5.16 Å². The summed E-state index contributed by atoms with van der Waals surface area (Å²) in [5.74, 6) is -0.128.